The maximum Gasteiger partial charge on any atom is 0.410 e. The number of carbonyl (C=O) groups excluding carboxylic acids is 2. The molecule has 5 heteroatoms. The zero-order chi connectivity index (χ0) is 16.3. The van der Waals surface area contributed by atoms with Gasteiger partial charge in [0.05, 0.1) is 0 Å². The second-order valence-corrected chi connectivity index (χ2v) is 7.85. The highest BCUT2D eigenvalue weighted by Crippen LogP contribution is 2.24. The first-order valence-corrected chi connectivity index (χ1v) is 8.62. The standard InChI is InChI=1S/C17H22INO3/c1-17(2,3)22-16(21)19-10-4-5-14(19)11-15(20)12-6-8-13(18)9-7-12/h6-9,14H,4-5,10-11H2,1-3H3. The van der Waals surface area contributed by atoms with Crippen LogP contribution in [0, 0.1) is 3.57 Å². The Morgan fingerprint density at radius 1 is 1.27 bits per heavy atom. The molecule has 1 aromatic carbocycles. The summed E-state index contributed by atoms with van der Waals surface area (Å²) < 4.78 is 6.53. The lowest BCUT2D eigenvalue weighted by molar-refractivity contribution is 0.0223. The van der Waals surface area contributed by atoms with Gasteiger partial charge in [-0.3, -0.25) is 4.79 Å². The molecule has 2 rings (SSSR count). The van der Waals surface area contributed by atoms with Crippen LogP contribution in [0.1, 0.15) is 50.4 Å². The minimum atomic E-state index is -0.510. The Kier molecular flexibility index (Phi) is 5.47. The zero-order valence-corrected chi connectivity index (χ0v) is 15.4. The van der Waals surface area contributed by atoms with Gasteiger partial charge in [0.25, 0.3) is 0 Å². The van der Waals surface area contributed by atoms with Gasteiger partial charge in [-0.05, 0) is 68.3 Å². The minimum Gasteiger partial charge on any atom is -0.444 e. The van der Waals surface area contributed by atoms with Crippen molar-refractivity contribution in [2.75, 3.05) is 6.54 Å². The molecule has 0 radical (unpaired) electrons. The zero-order valence-electron chi connectivity index (χ0n) is 13.3. The van der Waals surface area contributed by atoms with E-state index in [0.717, 1.165) is 16.4 Å². The van der Waals surface area contributed by atoms with E-state index in [1.807, 2.05) is 45.0 Å². The van der Waals surface area contributed by atoms with Crippen molar-refractivity contribution >= 4 is 34.5 Å². The highest BCUT2D eigenvalue weighted by Gasteiger charge is 2.33. The summed E-state index contributed by atoms with van der Waals surface area (Å²) in [7, 11) is 0. The van der Waals surface area contributed by atoms with E-state index in [0.29, 0.717) is 18.5 Å². The quantitative estimate of drug-likeness (QED) is 0.548. The van der Waals surface area contributed by atoms with Crippen LogP contribution in [0.25, 0.3) is 0 Å². The number of nitrogens with zero attached hydrogens (tertiary/aromatic N) is 1. The highest BCUT2D eigenvalue weighted by molar-refractivity contribution is 14.1. The van der Waals surface area contributed by atoms with E-state index in [-0.39, 0.29) is 17.9 Å². The number of Topliss-reactive ketones (excluding diaryl/α,β-unsaturated/α-hetero) is 1. The molecule has 0 bridgehead atoms. The highest BCUT2D eigenvalue weighted by atomic mass is 127. The van der Waals surface area contributed by atoms with E-state index in [9.17, 15) is 9.59 Å². The molecule has 1 saturated heterocycles. The van der Waals surface area contributed by atoms with Gasteiger partial charge < -0.3 is 9.64 Å². The minimum absolute atomic E-state index is 0.0540. The van der Waals surface area contributed by atoms with Gasteiger partial charge in [0.1, 0.15) is 5.60 Å². The number of likely N-dealkylation sites (tertiary alicyclic amines) is 1. The summed E-state index contributed by atoms with van der Waals surface area (Å²) in [6.45, 7) is 6.23. The molecular weight excluding hydrogens is 393 g/mol. The van der Waals surface area contributed by atoms with Crippen molar-refractivity contribution in [1.29, 1.82) is 0 Å². The van der Waals surface area contributed by atoms with Gasteiger partial charge in [0, 0.05) is 28.1 Å². The number of hydrogen-bond acceptors (Lipinski definition) is 3. The van der Waals surface area contributed by atoms with Gasteiger partial charge >= 0.3 is 6.09 Å². The van der Waals surface area contributed by atoms with Crippen molar-refractivity contribution in [2.24, 2.45) is 0 Å². The van der Waals surface area contributed by atoms with Gasteiger partial charge in [0.2, 0.25) is 0 Å². The number of benzene rings is 1. The van der Waals surface area contributed by atoms with Crippen molar-refractivity contribution in [3.63, 3.8) is 0 Å². The molecule has 1 fully saturated rings. The Labute approximate surface area is 145 Å². The molecule has 120 valence electrons. The maximum atomic E-state index is 12.4. The number of hydrogen-bond donors (Lipinski definition) is 0. The Balaban J connectivity index is 2.00. The van der Waals surface area contributed by atoms with Crippen LogP contribution in [-0.2, 0) is 4.74 Å². The first kappa shape index (κ1) is 17.2. The molecule has 0 spiro atoms. The molecule has 1 amide bonds. The molecule has 0 N–H and O–H groups in total. The Bertz CT molecular complexity index is 548. The summed E-state index contributed by atoms with van der Waals surface area (Å²) in [4.78, 5) is 26.3. The van der Waals surface area contributed by atoms with Crippen LogP contribution >= 0.6 is 22.6 Å². The SMILES string of the molecule is CC(C)(C)OC(=O)N1CCCC1CC(=O)c1ccc(I)cc1. The van der Waals surface area contributed by atoms with E-state index in [4.69, 9.17) is 4.74 Å². The number of ether oxygens (including phenoxy) is 1. The molecule has 0 saturated carbocycles. The van der Waals surface area contributed by atoms with Gasteiger partial charge in [-0.1, -0.05) is 12.1 Å². The molecule has 1 unspecified atom stereocenters. The van der Waals surface area contributed by atoms with E-state index >= 15 is 0 Å². The summed E-state index contributed by atoms with van der Waals surface area (Å²) in [5.41, 5.74) is 0.195. The largest absolute Gasteiger partial charge is 0.444 e. The normalized spacial score (nSPS) is 18.4. The maximum absolute atomic E-state index is 12.4. The summed E-state index contributed by atoms with van der Waals surface area (Å²) in [5.74, 6) is 0.0804. The fraction of sp³-hybridized carbons (Fsp3) is 0.529. The van der Waals surface area contributed by atoms with Crippen molar-refractivity contribution in [3.05, 3.63) is 33.4 Å². The molecule has 22 heavy (non-hydrogen) atoms. The molecule has 4 nitrogen and oxygen atoms in total. The molecule has 0 aromatic heterocycles. The van der Waals surface area contributed by atoms with Crippen LogP contribution in [0.5, 0.6) is 0 Å². The Morgan fingerprint density at radius 2 is 1.91 bits per heavy atom. The number of amides is 1. The van der Waals surface area contributed by atoms with Gasteiger partial charge in [-0.25, -0.2) is 4.79 Å². The summed E-state index contributed by atoms with van der Waals surface area (Å²) in [6.07, 6.45) is 1.82. The first-order chi connectivity index (χ1) is 10.3. The average Bonchev–Trinajstić information content (AvgIpc) is 2.85. The molecular formula is C17H22INO3. The second-order valence-electron chi connectivity index (χ2n) is 6.60. The molecule has 1 aliphatic heterocycles. The lowest BCUT2D eigenvalue weighted by Gasteiger charge is -2.28. The third-order valence-corrected chi connectivity index (χ3v) is 4.31. The number of halogens is 1. The Morgan fingerprint density at radius 3 is 2.50 bits per heavy atom. The van der Waals surface area contributed by atoms with E-state index in [1.165, 1.54) is 0 Å². The van der Waals surface area contributed by atoms with Crippen molar-refractivity contribution in [3.8, 4) is 0 Å². The van der Waals surface area contributed by atoms with Crippen LogP contribution in [0.4, 0.5) is 4.79 Å². The molecule has 1 heterocycles. The van der Waals surface area contributed by atoms with Crippen molar-refractivity contribution < 1.29 is 14.3 Å². The third kappa shape index (κ3) is 4.69. The van der Waals surface area contributed by atoms with E-state index < -0.39 is 5.60 Å². The Hall–Kier alpha value is -1.11. The van der Waals surface area contributed by atoms with E-state index in [1.54, 1.807) is 4.90 Å². The molecule has 1 aliphatic rings. The van der Waals surface area contributed by atoms with Crippen LogP contribution in [0.15, 0.2) is 24.3 Å². The summed E-state index contributed by atoms with van der Waals surface area (Å²) >= 11 is 2.21. The number of carbonyl (C=O) groups is 2. The van der Waals surface area contributed by atoms with Gasteiger partial charge in [0.15, 0.2) is 5.78 Å². The predicted octanol–water partition coefficient (Wildman–Crippen LogP) is 4.26. The van der Waals surface area contributed by atoms with Crippen LogP contribution < -0.4 is 0 Å². The summed E-state index contributed by atoms with van der Waals surface area (Å²) in [5, 5.41) is 0. The fourth-order valence-electron chi connectivity index (χ4n) is 2.58. The van der Waals surface area contributed by atoms with Crippen LogP contribution in [0.2, 0.25) is 0 Å². The van der Waals surface area contributed by atoms with Gasteiger partial charge in [-0.15, -0.1) is 0 Å². The monoisotopic (exact) mass is 415 g/mol. The average molecular weight is 415 g/mol. The van der Waals surface area contributed by atoms with Crippen molar-refractivity contribution in [1.82, 2.24) is 4.90 Å². The molecule has 0 aliphatic carbocycles. The third-order valence-electron chi connectivity index (χ3n) is 3.59. The lowest BCUT2D eigenvalue weighted by Crippen LogP contribution is -2.40. The number of rotatable bonds is 3. The summed E-state index contributed by atoms with van der Waals surface area (Å²) in [6, 6.07) is 7.48. The molecule has 1 aromatic rings. The van der Waals surface area contributed by atoms with Crippen LogP contribution in [0.3, 0.4) is 0 Å². The topological polar surface area (TPSA) is 46.6 Å². The molecule has 1 atom stereocenters. The first-order valence-electron chi connectivity index (χ1n) is 7.54. The smallest absolute Gasteiger partial charge is 0.410 e. The van der Waals surface area contributed by atoms with Crippen molar-refractivity contribution in [2.45, 2.75) is 51.7 Å². The fourth-order valence-corrected chi connectivity index (χ4v) is 2.94. The van der Waals surface area contributed by atoms with Crippen LogP contribution in [-0.4, -0.2) is 35.0 Å². The van der Waals surface area contributed by atoms with E-state index in [2.05, 4.69) is 22.6 Å². The van der Waals surface area contributed by atoms with Gasteiger partial charge in [-0.2, -0.15) is 0 Å². The predicted molar refractivity (Wildman–Crippen MR) is 94.1 cm³/mol. The second kappa shape index (κ2) is 6.98. The lowest BCUT2D eigenvalue weighted by atomic mass is 10.0. The number of ketones is 1.